The van der Waals surface area contributed by atoms with E-state index < -0.39 is 30.1 Å². The van der Waals surface area contributed by atoms with E-state index in [2.05, 4.69) is 76.6 Å². The molecule has 0 spiro atoms. The van der Waals surface area contributed by atoms with Gasteiger partial charge >= 0.3 is 30.1 Å². The van der Waals surface area contributed by atoms with Crippen LogP contribution in [0.15, 0.2) is 95.0 Å². The number of nitrogens with zero attached hydrogens (tertiary/aromatic N) is 15. The molecule has 1 fully saturated rings. The van der Waals surface area contributed by atoms with E-state index in [0.717, 1.165) is 22.4 Å². The molecule has 20 nitrogen and oxygen atoms in total. The molecule has 0 unspecified atom stereocenters. The number of hydrogen-bond acceptors (Lipinski definition) is 20. The lowest BCUT2D eigenvalue weighted by Gasteiger charge is -2.37. The summed E-state index contributed by atoms with van der Waals surface area (Å²) in [5, 5.41) is 31.9. The fraction of sp³-hybridized carbons (Fsp3) is 0.211. The SMILES string of the molecule is CC1CN(C(=O)c2cnnc(N(Cc3ccc(-c4noc(C(F)(F)F)n4)s3)c3cnccn3)c2)C1.O=C(O)c1cnnc(N(Cc2ccc(-c3noc(C(F)(F)F)n3)s2)c2cnccn2)c1. The van der Waals surface area contributed by atoms with Crippen molar-refractivity contribution in [1.29, 1.82) is 0 Å². The number of thiophene rings is 2. The second kappa shape index (κ2) is 18.7. The zero-order valence-electron chi connectivity index (χ0n) is 33.4. The number of aromatic carboxylic acids is 1. The zero-order valence-corrected chi connectivity index (χ0v) is 35.0. The highest BCUT2D eigenvalue weighted by Crippen LogP contribution is 2.35. The molecule has 338 valence electrons. The van der Waals surface area contributed by atoms with Gasteiger partial charge in [0.25, 0.3) is 5.91 Å². The Labute approximate surface area is 373 Å². The van der Waals surface area contributed by atoms with Gasteiger partial charge in [-0.15, -0.1) is 32.9 Å². The van der Waals surface area contributed by atoms with Gasteiger partial charge in [0.05, 0.1) is 58.8 Å². The number of amides is 1. The lowest BCUT2D eigenvalue weighted by atomic mass is 10.0. The number of likely N-dealkylation sites (tertiary alicyclic amines) is 1. The molecule has 0 radical (unpaired) electrons. The van der Waals surface area contributed by atoms with Crippen molar-refractivity contribution >= 4 is 57.8 Å². The largest absolute Gasteiger partial charge is 0.478 e. The van der Waals surface area contributed by atoms with Crippen molar-refractivity contribution in [1.82, 2.24) is 65.5 Å². The summed E-state index contributed by atoms with van der Waals surface area (Å²) in [6.07, 6.45) is 2.04. The molecule has 66 heavy (non-hydrogen) atoms. The van der Waals surface area contributed by atoms with Crippen LogP contribution in [0.4, 0.5) is 49.6 Å². The standard InChI is InChI=1S/C21H17F3N8O2S.C17H10F3N7O3S/c1-12-9-31(10-12)19(33)13-6-16(29-27-7-13)32(17-8-25-4-5-26-17)11-14-2-3-15(35-14)18-28-20(34-30-18)21(22,23)24;18-17(19,20)16-24-14(26-30-16)11-2-1-10(31-11)8-27(13-7-21-3-4-22-13)12-5-9(15(28)29)6-23-25-12/h2-8,12H,9-11H2,1H3;1-7H,8H2,(H,28,29). The van der Waals surface area contributed by atoms with E-state index in [1.807, 2.05) is 0 Å². The van der Waals surface area contributed by atoms with Crippen molar-refractivity contribution in [2.75, 3.05) is 22.9 Å². The van der Waals surface area contributed by atoms with Gasteiger partial charge in [0, 0.05) is 47.6 Å². The Morgan fingerprint density at radius 2 is 1.17 bits per heavy atom. The third-order valence-electron chi connectivity index (χ3n) is 9.06. The van der Waals surface area contributed by atoms with Crippen LogP contribution in [-0.2, 0) is 25.4 Å². The van der Waals surface area contributed by atoms with Gasteiger partial charge in [-0.05, 0) is 42.3 Å². The average molecular weight is 952 g/mol. The Balaban J connectivity index is 0.000000181. The first-order chi connectivity index (χ1) is 31.6. The van der Waals surface area contributed by atoms with E-state index in [0.29, 0.717) is 56.7 Å². The monoisotopic (exact) mass is 951 g/mol. The van der Waals surface area contributed by atoms with E-state index in [4.69, 9.17) is 0 Å². The second-order valence-electron chi connectivity index (χ2n) is 13.9. The number of aromatic nitrogens is 12. The topological polar surface area (TPSA) is 245 Å². The third kappa shape index (κ3) is 10.4. The Kier molecular flexibility index (Phi) is 12.7. The maximum atomic E-state index is 12.8. The normalized spacial score (nSPS) is 12.9. The van der Waals surface area contributed by atoms with Crippen molar-refractivity contribution in [2.24, 2.45) is 5.92 Å². The predicted molar refractivity (Wildman–Crippen MR) is 217 cm³/mol. The Morgan fingerprint density at radius 1 is 0.697 bits per heavy atom. The van der Waals surface area contributed by atoms with E-state index in [1.165, 1.54) is 60.8 Å². The summed E-state index contributed by atoms with van der Waals surface area (Å²) in [5.41, 5.74) is 0.325. The number of anilines is 4. The first kappa shape index (κ1) is 44.7. The summed E-state index contributed by atoms with van der Waals surface area (Å²) < 4.78 is 85.1. The van der Waals surface area contributed by atoms with Crippen molar-refractivity contribution < 1.29 is 50.1 Å². The molecule has 1 aliphatic rings. The predicted octanol–water partition coefficient (Wildman–Crippen LogP) is 7.26. The average Bonchev–Trinajstić information content (AvgIpc) is 4.15. The smallest absolute Gasteiger partial charge is 0.471 e. The molecule has 1 N–H and O–H groups in total. The van der Waals surface area contributed by atoms with Crippen LogP contribution >= 0.6 is 22.7 Å². The summed E-state index contributed by atoms with van der Waals surface area (Å²) in [6.45, 7) is 3.85. The van der Waals surface area contributed by atoms with Gasteiger partial charge in [-0.2, -0.15) is 46.5 Å². The fourth-order valence-electron chi connectivity index (χ4n) is 6.03. The van der Waals surface area contributed by atoms with E-state index >= 15 is 0 Å². The molecule has 9 heterocycles. The molecule has 0 aliphatic carbocycles. The molecule has 0 bridgehead atoms. The van der Waals surface area contributed by atoms with E-state index in [1.54, 1.807) is 45.0 Å². The third-order valence-corrected chi connectivity index (χ3v) is 11.2. The van der Waals surface area contributed by atoms with Gasteiger partial charge in [-0.1, -0.05) is 17.2 Å². The Bertz CT molecular complexity index is 2950. The summed E-state index contributed by atoms with van der Waals surface area (Å²) in [5.74, 6) is -2.63. The number of hydrogen-bond donors (Lipinski definition) is 1. The zero-order chi connectivity index (χ0) is 46.6. The van der Waals surface area contributed by atoms with Crippen LogP contribution in [0.3, 0.4) is 0 Å². The number of carbonyl (C=O) groups excluding carboxylic acids is 1. The number of carboxylic acids is 1. The molecule has 28 heteroatoms. The highest BCUT2D eigenvalue weighted by Gasteiger charge is 2.40. The Morgan fingerprint density at radius 3 is 1.58 bits per heavy atom. The molecule has 0 aromatic carbocycles. The van der Waals surface area contributed by atoms with Crippen LogP contribution in [-0.4, -0.2) is 95.6 Å². The number of alkyl halides is 6. The van der Waals surface area contributed by atoms with E-state index in [-0.39, 0.29) is 42.0 Å². The molecule has 1 saturated heterocycles. The van der Waals surface area contributed by atoms with E-state index in [9.17, 15) is 41.0 Å². The van der Waals surface area contributed by atoms with Crippen molar-refractivity contribution in [3.63, 3.8) is 0 Å². The van der Waals surface area contributed by atoms with Crippen LogP contribution < -0.4 is 9.80 Å². The lowest BCUT2D eigenvalue weighted by molar-refractivity contribution is -0.160. The summed E-state index contributed by atoms with van der Waals surface area (Å²) >= 11 is 2.32. The van der Waals surface area contributed by atoms with Crippen LogP contribution in [0, 0.1) is 5.92 Å². The van der Waals surface area contributed by atoms with Gasteiger partial charge in [-0.25, -0.2) is 14.8 Å². The highest BCUT2D eigenvalue weighted by molar-refractivity contribution is 7.15. The molecule has 8 aromatic rings. The van der Waals surface area contributed by atoms with Crippen LogP contribution in [0.1, 0.15) is 49.2 Å². The van der Waals surface area contributed by atoms with Crippen molar-refractivity contribution in [2.45, 2.75) is 32.4 Å². The maximum absolute atomic E-state index is 12.8. The number of rotatable bonds is 12. The minimum Gasteiger partial charge on any atom is -0.478 e. The second-order valence-corrected chi connectivity index (χ2v) is 16.2. The first-order valence-corrected chi connectivity index (χ1v) is 20.5. The molecule has 8 aromatic heterocycles. The molecule has 1 amide bonds. The van der Waals surface area contributed by atoms with Crippen LogP contribution in [0.5, 0.6) is 0 Å². The van der Waals surface area contributed by atoms with Gasteiger partial charge in [0.15, 0.2) is 23.3 Å². The summed E-state index contributed by atoms with van der Waals surface area (Å²) in [4.78, 5) is 54.8. The summed E-state index contributed by atoms with van der Waals surface area (Å²) in [7, 11) is 0. The lowest BCUT2D eigenvalue weighted by Crippen LogP contribution is -2.48. The number of carboxylic acid groups (broad SMARTS) is 1. The molecular weight excluding hydrogens is 925 g/mol. The van der Waals surface area contributed by atoms with Gasteiger partial charge in [0.1, 0.15) is 0 Å². The molecule has 0 atom stereocenters. The minimum absolute atomic E-state index is 0.0720. The summed E-state index contributed by atoms with van der Waals surface area (Å²) in [6, 6.07) is 9.53. The van der Waals surface area contributed by atoms with Gasteiger partial charge in [0.2, 0.25) is 11.6 Å². The highest BCUT2D eigenvalue weighted by atomic mass is 32.1. The molecule has 0 saturated carbocycles. The molecule has 1 aliphatic heterocycles. The quantitative estimate of drug-likeness (QED) is 0.118. The first-order valence-electron chi connectivity index (χ1n) is 18.8. The number of halogens is 6. The van der Waals surface area contributed by atoms with Crippen molar-refractivity contribution in [3.8, 4) is 21.4 Å². The van der Waals surface area contributed by atoms with Gasteiger partial charge in [-0.3, -0.25) is 14.8 Å². The minimum atomic E-state index is -4.73. The van der Waals surface area contributed by atoms with Gasteiger partial charge < -0.3 is 28.9 Å². The maximum Gasteiger partial charge on any atom is 0.471 e. The molecular formula is C38H27F6N15O5S2. The Hall–Kier alpha value is -7.88. The molecule has 9 rings (SSSR count). The fourth-order valence-corrected chi connectivity index (χ4v) is 7.88. The van der Waals surface area contributed by atoms with Crippen molar-refractivity contribution in [3.05, 3.63) is 119 Å². The van der Waals surface area contributed by atoms with Crippen LogP contribution in [0.2, 0.25) is 0 Å². The van der Waals surface area contributed by atoms with Crippen LogP contribution in [0.25, 0.3) is 21.4 Å². The number of carbonyl (C=O) groups is 2.